The molecule has 0 aromatic heterocycles. The van der Waals surface area contributed by atoms with Gasteiger partial charge >= 0.3 is 12.1 Å². The van der Waals surface area contributed by atoms with Gasteiger partial charge in [0.2, 0.25) is 5.76 Å². The van der Waals surface area contributed by atoms with E-state index in [0.717, 1.165) is 6.92 Å². The molecule has 0 saturated heterocycles. The maximum absolute atomic E-state index is 12.8. The molecule has 0 radical (unpaired) electrons. The molecule has 2 rings (SSSR count). The first-order chi connectivity index (χ1) is 10.8. The van der Waals surface area contributed by atoms with Crippen molar-refractivity contribution < 1.29 is 35.9 Å². The Bertz CT molecular complexity index is 799. The zero-order valence-corrected chi connectivity index (χ0v) is 14.9. The summed E-state index contributed by atoms with van der Waals surface area (Å²) in [6, 6.07) is 5.96. The van der Waals surface area contributed by atoms with Crippen LogP contribution >= 0.6 is 15.9 Å². The Kier molecular flexibility index (Phi) is 4.75. The highest BCUT2D eigenvalue weighted by Crippen LogP contribution is 2.43. The topological polar surface area (TPSA) is 69.7 Å². The fraction of sp³-hybridized carbons (Fsp3) is 0.357. The normalized spacial score (nSPS) is 21.8. The summed E-state index contributed by atoms with van der Waals surface area (Å²) in [7, 11) is -4.19. The zero-order chi connectivity index (χ0) is 18.3. The van der Waals surface area contributed by atoms with Gasteiger partial charge in [-0.15, -0.1) is 0 Å². The van der Waals surface area contributed by atoms with E-state index in [9.17, 15) is 26.4 Å². The maximum Gasteiger partial charge on any atom is 0.393 e. The van der Waals surface area contributed by atoms with E-state index in [4.69, 9.17) is 9.47 Å². The summed E-state index contributed by atoms with van der Waals surface area (Å²) in [5.41, 5.74) is -2.37. The van der Waals surface area contributed by atoms with Crippen LogP contribution in [0, 0.1) is 0 Å². The molecule has 0 saturated carbocycles. The Morgan fingerprint density at radius 1 is 1.25 bits per heavy atom. The average Bonchev–Trinajstić information content (AvgIpc) is 2.60. The number of esters is 1. The molecule has 1 aliphatic heterocycles. The summed E-state index contributed by atoms with van der Waals surface area (Å²) in [6.07, 6.45) is -5.68. The lowest BCUT2D eigenvalue weighted by molar-refractivity contribution is -0.177. The SMILES string of the molecule is CC1(CC(F)(F)F)OC(=O)C(Oc2ccc(Br)cc2)=C1S(C)(=O)=O. The second-order valence-corrected chi connectivity index (χ2v) is 8.27. The number of ether oxygens (including phenoxy) is 2. The number of halogens is 4. The number of carbonyl (C=O) groups is 1. The van der Waals surface area contributed by atoms with Gasteiger partial charge < -0.3 is 9.47 Å². The van der Waals surface area contributed by atoms with Gasteiger partial charge in [0.05, 0.1) is 6.42 Å². The Morgan fingerprint density at radius 2 is 1.79 bits per heavy atom. The lowest BCUT2D eigenvalue weighted by Crippen LogP contribution is -2.36. The number of hydrogen-bond donors (Lipinski definition) is 0. The fourth-order valence-corrected chi connectivity index (χ4v) is 4.02. The molecule has 1 aromatic carbocycles. The molecule has 0 fully saturated rings. The van der Waals surface area contributed by atoms with Crippen molar-refractivity contribution in [3.8, 4) is 5.75 Å². The van der Waals surface area contributed by atoms with Crippen molar-refractivity contribution >= 4 is 31.7 Å². The van der Waals surface area contributed by atoms with Crippen molar-refractivity contribution in [3.63, 3.8) is 0 Å². The van der Waals surface area contributed by atoms with Crippen LogP contribution in [0.2, 0.25) is 0 Å². The van der Waals surface area contributed by atoms with Crippen molar-refractivity contribution in [2.24, 2.45) is 0 Å². The van der Waals surface area contributed by atoms with E-state index in [2.05, 4.69) is 15.9 Å². The Balaban J connectivity index is 2.54. The van der Waals surface area contributed by atoms with E-state index < -0.39 is 44.7 Å². The van der Waals surface area contributed by atoms with Crippen LogP contribution in [0.3, 0.4) is 0 Å². The molecular formula is C14H12BrF3O5S. The minimum Gasteiger partial charge on any atom is -0.449 e. The third kappa shape index (κ3) is 4.10. The summed E-state index contributed by atoms with van der Waals surface area (Å²) in [6.45, 7) is 0.896. The molecule has 10 heteroatoms. The largest absolute Gasteiger partial charge is 0.449 e. The first-order valence-corrected chi connectivity index (χ1v) is 9.19. The lowest BCUT2D eigenvalue weighted by atomic mass is 10.0. The van der Waals surface area contributed by atoms with Crippen LogP contribution in [0.5, 0.6) is 5.75 Å². The quantitative estimate of drug-likeness (QED) is 0.687. The summed E-state index contributed by atoms with van der Waals surface area (Å²) >= 11 is 3.18. The second-order valence-electron chi connectivity index (χ2n) is 5.40. The van der Waals surface area contributed by atoms with Crippen molar-refractivity contribution in [2.45, 2.75) is 25.1 Å². The monoisotopic (exact) mass is 428 g/mol. The first kappa shape index (κ1) is 18.8. The summed E-state index contributed by atoms with van der Waals surface area (Å²) in [5, 5.41) is 0. The van der Waals surface area contributed by atoms with Gasteiger partial charge in [-0.25, -0.2) is 13.2 Å². The molecule has 1 unspecified atom stereocenters. The number of alkyl halides is 3. The van der Waals surface area contributed by atoms with Crippen LogP contribution in [-0.4, -0.2) is 32.4 Å². The highest BCUT2D eigenvalue weighted by molar-refractivity contribution is 9.10. The highest BCUT2D eigenvalue weighted by atomic mass is 79.9. The molecule has 0 aliphatic carbocycles. The lowest BCUT2D eigenvalue weighted by Gasteiger charge is -2.26. The molecule has 24 heavy (non-hydrogen) atoms. The molecular weight excluding hydrogens is 417 g/mol. The number of benzene rings is 1. The fourth-order valence-electron chi connectivity index (χ4n) is 2.40. The van der Waals surface area contributed by atoms with Crippen LogP contribution < -0.4 is 4.74 Å². The third-order valence-corrected chi connectivity index (χ3v) is 5.02. The molecule has 1 aromatic rings. The van der Waals surface area contributed by atoms with Crippen molar-refractivity contribution in [1.82, 2.24) is 0 Å². The predicted octanol–water partition coefficient (Wildman–Crippen LogP) is 3.35. The number of sulfone groups is 1. The Morgan fingerprint density at radius 3 is 2.25 bits per heavy atom. The van der Waals surface area contributed by atoms with E-state index in [1.165, 1.54) is 12.1 Å². The Labute approximate surface area is 144 Å². The van der Waals surface area contributed by atoms with Crippen LogP contribution in [0.15, 0.2) is 39.4 Å². The number of hydrogen-bond acceptors (Lipinski definition) is 5. The summed E-state index contributed by atoms with van der Waals surface area (Å²) in [4.78, 5) is 11.1. The number of rotatable bonds is 4. The second kappa shape index (κ2) is 6.07. The van der Waals surface area contributed by atoms with E-state index in [-0.39, 0.29) is 5.75 Å². The molecule has 5 nitrogen and oxygen atoms in total. The first-order valence-electron chi connectivity index (χ1n) is 6.50. The van der Waals surface area contributed by atoms with E-state index >= 15 is 0 Å². The van der Waals surface area contributed by atoms with Gasteiger partial charge in [0.15, 0.2) is 15.4 Å². The average molecular weight is 429 g/mol. The minimum absolute atomic E-state index is 0.0857. The van der Waals surface area contributed by atoms with Gasteiger partial charge in [0.1, 0.15) is 10.7 Å². The molecule has 0 amide bonds. The van der Waals surface area contributed by atoms with Gasteiger partial charge in [0.25, 0.3) is 0 Å². The van der Waals surface area contributed by atoms with Gasteiger partial charge in [-0.05, 0) is 31.2 Å². The summed E-state index contributed by atoms with van der Waals surface area (Å²) < 4.78 is 73.0. The summed E-state index contributed by atoms with van der Waals surface area (Å²) in [5.74, 6) is -1.93. The van der Waals surface area contributed by atoms with Crippen molar-refractivity contribution in [3.05, 3.63) is 39.4 Å². The van der Waals surface area contributed by atoms with E-state index in [0.29, 0.717) is 10.7 Å². The van der Waals surface area contributed by atoms with Crippen LogP contribution in [0.25, 0.3) is 0 Å². The molecule has 1 aliphatic rings. The minimum atomic E-state index is -4.74. The van der Waals surface area contributed by atoms with E-state index in [1.807, 2.05) is 0 Å². The van der Waals surface area contributed by atoms with Crippen LogP contribution in [0.4, 0.5) is 13.2 Å². The highest BCUT2D eigenvalue weighted by Gasteiger charge is 2.55. The predicted molar refractivity (Wildman–Crippen MR) is 81.8 cm³/mol. The van der Waals surface area contributed by atoms with Gasteiger partial charge in [0, 0.05) is 10.7 Å². The van der Waals surface area contributed by atoms with Gasteiger partial charge in [-0.1, -0.05) is 15.9 Å². The molecule has 132 valence electrons. The van der Waals surface area contributed by atoms with Gasteiger partial charge in [-0.3, -0.25) is 0 Å². The van der Waals surface area contributed by atoms with Crippen molar-refractivity contribution in [2.75, 3.05) is 6.26 Å². The standard InChI is InChI=1S/C14H12BrF3O5S/c1-13(7-14(16,17)18)11(24(2,20)21)10(12(19)23-13)22-9-5-3-8(15)4-6-9/h3-6H,7H2,1-2H3. The molecule has 0 bridgehead atoms. The van der Waals surface area contributed by atoms with Gasteiger partial charge in [-0.2, -0.15) is 13.2 Å². The zero-order valence-electron chi connectivity index (χ0n) is 12.5. The number of cyclic esters (lactones) is 1. The maximum atomic E-state index is 12.8. The van der Waals surface area contributed by atoms with Crippen molar-refractivity contribution in [1.29, 1.82) is 0 Å². The molecule has 1 atom stereocenters. The van der Waals surface area contributed by atoms with E-state index in [1.54, 1.807) is 12.1 Å². The third-order valence-electron chi connectivity index (χ3n) is 3.13. The Hall–Kier alpha value is -1.55. The molecule has 0 N–H and O–H groups in total. The molecule has 1 heterocycles. The molecule has 0 spiro atoms. The van der Waals surface area contributed by atoms with Crippen LogP contribution in [0.1, 0.15) is 13.3 Å². The number of carbonyl (C=O) groups excluding carboxylic acids is 1. The smallest absolute Gasteiger partial charge is 0.393 e. The van der Waals surface area contributed by atoms with Crippen LogP contribution in [-0.2, 0) is 19.4 Å².